The summed E-state index contributed by atoms with van der Waals surface area (Å²) in [5, 5.41) is 13.8. The summed E-state index contributed by atoms with van der Waals surface area (Å²) in [5.41, 5.74) is 11.0. The van der Waals surface area contributed by atoms with Crippen molar-refractivity contribution in [1.29, 1.82) is 5.26 Å². The van der Waals surface area contributed by atoms with Gasteiger partial charge in [0.1, 0.15) is 6.07 Å². The van der Waals surface area contributed by atoms with E-state index in [0.717, 1.165) is 72.0 Å². The second-order valence-corrected chi connectivity index (χ2v) is 12.5. The van der Waals surface area contributed by atoms with Crippen LogP contribution in [0.15, 0.2) is 147 Å². The van der Waals surface area contributed by atoms with Crippen molar-refractivity contribution < 1.29 is 0 Å². The molecule has 0 spiro atoms. The van der Waals surface area contributed by atoms with Gasteiger partial charge in [-0.25, -0.2) is 0 Å². The average molecular weight is 633 g/mol. The molecule has 6 nitrogen and oxygen atoms in total. The van der Waals surface area contributed by atoms with Gasteiger partial charge in [-0.15, -0.1) is 11.3 Å². The maximum atomic E-state index is 11.5. The number of thiophene rings is 1. The van der Waals surface area contributed by atoms with Gasteiger partial charge in [0.15, 0.2) is 0 Å². The number of hydrogen-bond donors (Lipinski definition) is 0. The van der Waals surface area contributed by atoms with Crippen molar-refractivity contribution in [2.24, 2.45) is 0 Å². The van der Waals surface area contributed by atoms with Gasteiger partial charge in [-0.3, -0.25) is 19.9 Å². The van der Waals surface area contributed by atoms with E-state index < -0.39 is 0 Å². The lowest BCUT2D eigenvalue weighted by Crippen LogP contribution is -2.07. The van der Waals surface area contributed by atoms with Crippen molar-refractivity contribution in [3.05, 3.63) is 152 Å². The summed E-state index contributed by atoms with van der Waals surface area (Å²) in [6.45, 7) is 0. The maximum Gasteiger partial charge on any atom is 0.102 e. The molecule has 0 N–H and O–H groups in total. The van der Waals surface area contributed by atoms with E-state index >= 15 is 0 Å². The number of nitrogens with zero attached hydrogens (tertiary/aromatic N) is 6. The number of hydrogen-bond acceptors (Lipinski definition) is 6. The van der Waals surface area contributed by atoms with Crippen molar-refractivity contribution in [1.82, 2.24) is 24.5 Å². The molecule has 3 aromatic carbocycles. The summed E-state index contributed by atoms with van der Waals surface area (Å²) in [6.07, 6.45) is 14.4. The van der Waals surface area contributed by atoms with Gasteiger partial charge >= 0.3 is 0 Å². The number of aromatic nitrogens is 5. The van der Waals surface area contributed by atoms with E-state index in [4.69, 9.17) is 0 Å². The first kappa shape index (κ1) is 27.8. The minimum atomic E-state index is 0.565. The van der Waals surface area contributed by atoms with E-state index in [1.807, 2.05) is 73.3 Å². The molecular formula is C41H24N6S. The predicted molar refractivity (Wildman–Crippen MR) is 194 cm³/mol. The Morgan fingerprint density at radius 1 is 0.500 bits per heavy atom. The monoisotopic (exact) mass is 632 g/mol. The van der Waals surface area contributed by atoms with Crippen LogP contribution in [0.5, 0.6) is 0 Å². The molecule has 0 aliphatic rings. The Kier molecular flexibility index (Phi) is 6.59. The second kappa shape index (κ2) is 11.4. The fourth-order valence-corrected chi connectivity index (χ4v) is 8.16. The highest BCUT2D eigenvalue weighted by Gasteiger charge is 2.31. The fraction of sp³-hybridized carbons (Fsp3) is 0. The first-order valence-electron chi connectivity index (χ1n) is 15.5. The molecule has 0 atom stereocenters. The van der Waals surface area contributed by atoms with Crippen LogP contribution in [0.1, 0.15) is 5.56 Å². The standard InChI is InChI=1S/C41H24N6S/c42-25-32-35(26-9-17-43-18-10-26)36(27-11-19-44-20-12-27)37(28-13-21-45-22-14-28)38(29-15-23-46-24-16-29)39(32)47-33-7-3-1-5-30(33)41-40(47)31-6-2-4-8-34(31)48-41/h1-24H. The Bertz CT molecular complexity index is 2650. The van der Waals surface area contributed by atoms with Crippen LogP contribution in [0, 0.1) is 11.3 Å². The van der Waals surface area contributed by atoms with Gasteiger partial charge in [0.25, 0.3) is 0 Å². The van der Waals surface area contributed by atoms with E-state index in [-0.39, 0.29) is 0 Å². The number of fused-ring (bicyclic) bond motifs is 5. The SMILES string of the molecule is N#Cc1c(-c2ccncc2)c(-c2ccncc2)c(-c2ccncc2)c(-c2ccncc2)c1-n1c2ccccc2c2sc3ccccc3c21. The van der Waals surface area contributed by atoms with Gasteiger partial charge < -0.3 is 4.57 Å². The molecule has 7 heteroatoms. The minimum absolute atomic E-state index is 0.565. The van der Waals surface area contributed by atoms with Crippen molar-refractivity contribution >= 4 is 42.5 Å². The number of para-hydroxylation sites is 1. The quantitative estimate of drug-likeness (QED) is 0.189. The van der Waals surface area contributed by atoms with Crippen LogP contribution >= 0.6 is 11.3 Å². The van der Waals surface area contributed by atoms with Crippen LogP contribution in [0.25, 0.3) is 81.4 Å². The molecular weight excluding hydrogens is 609 g/mol. The van der Waals surface area contributed by atoms with E-state index in [0.29, 0.717) is 5.56 Å². The molecule has 0 amide bonds. The zero-order valence-electron chi connectivity index (χ0n) is 25.4. The molecule has 0 aliphatic heterocycles. The third-order valence-electron chi connectivity index (χ3n) is 8.87. The number of pyridine rings is 4. The van der Waals surface area contributed by atoms with Crippen LogP contribution in [0.2, 0.25) is 0 Å². The van der Waals surface area contributed by atoms with Gasteiger partial charge in [-0.1, -0.05) is 36.4 Å². The average Bonchev–Trinajstić information content (AvgIpc) is 3.70. The summed E-state index contributed by atoms with van der Waals surface area (Å²) >= 11 is 1.79. The molecule has 6 heterocycles. The molecule has 0 radical (unpaired) electrons. The lowest BCUT2D eigenvalue weighted by molar-refractivity contribution is 1.17. The van der Waals surface area contributed by atoms with Crippen LogP contribution in [-0.4, -0.2) is 24.5 Å². The molecule has 0 saturated carbocycles. The molecule has 0 bridgehead atoms. The zero-order chi connectivity index (χ0) is 32.0. The summed E-state index contributed by atoms with van der Waals surface area (Å²) < 4.78 is 4.71. The van der Waals surface area contributed by atoms with Crippen molar-refractivity contribution in [3.8, 4) is 56.3 Å². The highest BCUT2D eigenvalue weighted by Crippen LogP contribution is 2.53. The van der Waals surface area contributed by atoms with Gasteiger partial charge in [-0.05, 0) is 88.5 Å². The van der Waals surface area contributed by atoms with E-state index in [9.17, 15) is 5.26 Å². The van der Waals surface area contributed by atoms with Crippen molar-refractivity contribution in [3.63, 3.8) is 0 Å². The number of nitriles is 1. The largest absolute Gasteiger partial charge is 0.306 e. The summed E-state index contributed by atoms with van der Waals surface area (Å²) in [7, 11) is 0. The van der Waals surface area contributed by atoms with Gasteiger partial charge in [0.05, 0.1) is 27.0 Å². The van der Waals surface area contributed by atoms with Crippen molar-refractivity contribution in [2.75, 3.05) is 0 Å². The summed E-state index contributed by atoms with van der Waals surface area (Å²) in [4.78, 5) is 17.5. The van der Waals surface area contributed by atoms with Crippen LogP contribution < -0.4 is 0 Å². The van der Waals surface area contributed by atoms with Crippen molar-refractivity contribution in [2.45, 2.75) is 0 Å². The summed E-state index contributed by atoms with van der Waals surface area (Å²) in [6, 6.07) is 35.9. The fourth-order valence-electron chi connectivity index (χ4n) is 6.94. The summed E-state index contributed by atoms with van der Waals surface area (Å²) in [5.74, 6) is 0. The second-order valence-electron chi connectivity index (χ2n) is 11.4. The predicted octanol–water partition coefficient (Wildman–Crippen LogP) is 10.1. The Balaban J connectivity index is 1.62. The Hall–Kier alpha value is -6.49. The number of rotatable bonds is 5. The highest BCUT2D eigenvalue weighted by molar-refractivity contribution is 7.26. The van der Waals surface area contributed by atoms with Gasteiger partial charge in [0.2, 0.25) is 0 Å². The smallest absolute Gasteiger partial charge is 0.102 e. The van der Waals surface area contributed by atoms with E-state index in [2.05, 4.69) is 79.1 Å². The van der Waals surface area contributed by atoms with Gasteiger partial charge in [0, 0.05) is 81.7 Å². The maximum absolute atomic E-state index is 11.5. The molecule has 6 aromatic heterocycles. The molecule has 224 valence electrons. The third-order valence-corrected chi connectivity index (χ3v) is 10.1. The third kappa shape index (κ3) is 4.24. The molecule has 0 saturated heterocycles. The normalized spacial score (nSPS) is 11.3. The van der Waals surface area contributed by atoms with E-state index in [1.165, 1.54) is 9.40 Å². The molecule has 9 aromatic rings. The van der Waals surface area contributed by atoms with Crippen LogP contribution in [-0.2, 0) is 0 Å². The van der Waals surface area contributed by atoms with Crippen LogP contribution in [0.3, 0.4) is 0 Å². The Morgan fingerprint density at radius 2 is 0.958 bits per heavy atom. The topological polar surface area (TPSA) is 80.3 Å². The Morgan fingerprint density at radius 3 is 1.52 bits per heavy atom. The van der Waals surface area contributed by atoms with E-state index in [1.54, 1.807) is 36.1 Å². The molecule has 48 heavy (non-hydrogen) atoms. The van der Waals surface area contributed by atoms with Crippen LogP contribution in [0.4, 0.5) is 0 Å². The first-order chi connectivity index (χ1) is 23.8. The first-order valence-corrected chi connectivity index (χ1v) is 16.3. The zero-order valence-corrected chi connectivity index (χ0v) is 26.3. The van der Waals surface area contributed by atoms with Gasteiger partial charge in [-0.2, -0.15) is 5.26 Å². The lowest BCUT2D eigenvalue weighted by atomic mass is 9.79. The number of benzene rings is 3. The molecule has 0 aliphatic carbocycles. The molecule has 0 fully saturated rings. The minimum Gasteiger partial charge on any atom is -0.306 e. The highest BCUT2D eigenvalue weighted by atomic mass is 32.1. The molecule has 0 unspecified atom stereocenters. The molecule has 9 rings (SSSR count). The Labute approximate surface area is 279 Å². The lowest BCUT2D eigenvalue weighted by Gasteiger charge is -2.26.